The van der Waals surface area contributed by atoms with Crippen molar-refractivity contribution in [1.29, 1.82) is 0 Å². The van der Waals surface area contributed by atoms with Gasteiger partial charge in [0, 0.05) is 38.5 Å². The maximum Gasteiger partial charge on any atom is 0.257 e. The van der Waals surface area contributed by atoms with E-state index < -0.39 is 12.1 Å². The molecule has 2 aromatic heterocycles. The third kappa shape index (κ3) is 4.71. The van der Waals surface area contributed by atoms with Crippen molar-refractivity contribution < 1.29 is 14.4 Å². The summed E-state index contributed by atoms with van der Waals surface area (Å²) < 4.78 is 1.01. The summed E-state index contributed by atoms with van der Waals surface area (Å²) in [6, 6.07) is 24.1. The highest BCUT2D eigenvalue weighted by Gasteiger charge is 2.29. The summed E-state index contributed by atoms with van der Waals surface area (Å²) in [5, 5.41) is 14.5. The molecule has 5 aromatic rings. The maximum absolute atomic E-state index is 13.4. The van der Waals surface area contributed by atoms with Gasteiger partial charge in [0.25, 0.3) is 17.7 Å². The van der Waals surface area contributed by atoms with Crippen molar-refractivity contribution in [2.45, 2.75) is 13.1 Å². The molecular formula is C30H23N5O3S. The molecule has 6 rings (SSSR count). The van der Waals surface area contributed by atoms with Gasteiger partial charge in [-0.2, -0.15) is 0 Å². The van der Waals surface area contributed by atoms with Gasteiger partial charge in [-0.15, -0.1) is 11.3 Å². The van der Waals surface area contributed by atoms with Gasteiger partial charge < -0.3 is 21.3 Å². The Bertz CT molecular complexity index is 1760. The molecule has 0 saturated carbocycles. The van der Waals surface area contributed by atoms with Crippen LogP contribution in [0, 0.1) is 6.92 Å². The maximum atomic E-state index is 13.4. The third-order valence-electron chi connectivity index (χ3n) is 6.59. The molecule has 0 spiro atoms. The summed E-state index contributed by atoms with van der Waals surface area (Å²) >= 11 is 1.49. The number of para-hydroxylation sites is 1. The lowest BCUT2D eigenvalue weighted by Gasteiger charge is -2.17. The van der Waals surface area contributed by atoms with E-state index in [2.05, 4.69) is 26.3 Å². The highest BCUT2D eigenvalue weighted by atomic mass is 32.1. The number of aryl methyl sites for hydroxylation is 1. The molecule has 4 N–H and O–H groups in total. The molecule has 3 aromatic carbocycles. The average molecular weight is 534 g/mol. The number of carbonyl (C=O) groups is 3. The molecule has 8 nitrogen and oxygen atoms in total. The Labute approximate surface area is 228 Å². The fraction of sp³-hybridized carbons (Fsp3) is 0.0667. The molecule has 1 aliphatic rings. The summed E-state index contributed by atoms with van der Waals surface area (Å²) in [5.41, 5.74) is 4.16. The number of hydrogen-bond acceptors (Lipinski definition) is 6. The number of pyridine rings is 1. The van der Waals surface area contributed by atoms with Crippen molar-refractivity contribution in [2.75, 3.05) is 10.6 Å². The molecule has 9 heteroatoms. The molecule has 0 saturated heterocycles. The fourth-order valence-corrected chi connectivity index (χ4v) is 5.48. The topological polar surface area (TPSA) is 112 Å². The van der Waals surface area contributed by atoms with Crippen LogP contribution in [-0.2, 0) is 0 Å². The Morgan fingerprint density at radius 1 is 0.923 bits per heavy atom. The molecule has 192 valence electrons. The van der Waals surface area contributed by atoms with Crippen LogP contribution in [0.25, 0.3) is 10.1 Å². The minimum absolute atomic E-state index is 0.231. The quantitative estimate of drug-likeness (QED) is 0.221. The smallest absolute Gasteiger partial charge is 0.257 e. The van der Waals surface area contributed by atoms with Gasteiger partial charge in [-0.3, -0.25) is 14.4 Å². The fourth-order valence-electron chi connectivity index (χ4n) is 4.54. The zero-order chi connectivity index (χ0) is 26.9. The number of amides is 3. The van der Waals surface area contributed by atoms with Crippen LogP contribution in [0.2, 0.25) is 0 Å². The number of benzene rings is 3. The standard InChI is InChI=1S/C30H23N5O3S/c1-17-8-2-6-12-23(17)32-27-24(33-30(38)22-16-39-25-13-7-5-9-19(22)25)14-18(15-31-27)28(36)34-26-20-10-3-4-11-21(20)29(37)35-26/h2-16,26H,1H3,(H,31,32)(H,33,38)(H,34,36)(H,35,37). The van der Waals surface area contributed by atoms with Gasteiger partial charge in [0.2, 0.25) is 0 Å². The van der Waals surface area contributed by atoms with Crippen molar-refractivity contribution in [3.63, 3.8) is 0 Å². The second-order valence-corrected chi connectivity index (χ2v) is 10.0. The van der Waals surface area contributed by atoms with Crippen LogP contribution in [0.3, 0.4) is 0 Å². The molecule has 0 aliphatic carbocycles. The molecule has 0 radical (unpaired) electrons. The number of nitrogens with zero attached hydrogens (tertiary/aromatic N) is 1. The number of anilines is 3. The van der Waals surface area contributed by atoms with Gasteiger partial charge in [0.1, 0.15) is 6.17 Å². The largest absolute Gasteiger partial charge is 0.338 e. The van der Waals surface area contributed by atoms with E-state index in [9.17, 15) is 14.4 Å². The Morgan fingerprint density at radius 2 is 1.69 bits per heavy atom. The Balaban J connectivity index is 1.32. The number of thiophene rings is 1. The molecule has 3 heterocycles. The van der Waals surface area contributed by atoms with Gasteiger partial charge >= 0.3 is 0 Å². The van der Waals surface area contributed by atoms with Crippen LogP contribution in [0.15, 0.2) is 90.4 Å². The number of aromatic nitrogens is 1. The molecule has 0 fully saturated rings. The minimum Gasteiger partial charge on any atom is -0.338 e. The molecular weight excluding hydrogens is 510 g/mol. The Hall–Kier alpha value is -5.02. The predicted molar refractivity (Wildman–Crippen MR) is 153 cm³/mol. The minimum atomic E-state index is -0.666. The lowest BCUT2D eigenvalue weighted by molar-refractivity contribution is 0.0902. The van der Waals surface area contributed by atoms with Gasteiger partial charge in [-0.1, -0.05) is 54.6 Å². The van der Waals surface area contributed by atoms with E-state index in [0.717, 1.165) is 21.3 Å². The van der Waals surface area contributed by atoms with Crippen LogP contribution in [0.5, 0.6) is 0 Å². The van der Waals surface area contributed by atoms with Crippen molar-refractivity contribution in [1.82, 2.24) is 15.6 Å². The van der Waals surface area contributed by atoms with Gasteiger partial charge in [0.05, 0.1) is 16.8 Å². The summed E-state index contributed by atoms with van der Waals surface area (Å²) in [7, 11) is 0. The van der Waals surface area contributed by atoms with E-state index in [1.54, 1.807) is 24.3 Å². The van der Waals surface area contributed by atoms with E-state index in [0.29, 0.717) is 28.2 Å². The van der Waals surface area contributed by atoms with E-state index in [-0.39, 0.29) is 17.4 Å². The van der Waals surface area contributed by atoms with E-state index in [1.807, 2.05) is 66.9 Å². The van der Waals surface area contributed by atoms with Crippen molar-refractivity contribution in [3.8, 4) is 0 Å². The van der Waals surface area contributed by atoms with Gasteiger partial charge in [-0.25, -0.2) is 4.98 Å². The molecule has 1 atom stereocenters. The normalized spacial score (nSPS) is 14.0. The lowest BCUT2D eigenvalue weighted by Crippen LogP contribution is -2.36. The van der Waals surface area contributed by atoms with Crippen LogP contribution in [-0.4, -0.2) is 22.7 Å². The number of nitrogens with one attached hydrogen (secondary N) is 4. The number of fused-ring (bicyclic) bond motifs is 2. The van der Waals surface area contributed by atoms with Crippen molar-refractivity contribution in [3.05, 3.63) is 118 Å². The SMILES string of the molecule is Cc1ccccc1Nc1ncc(C(=O)NC2NC(=O)c3ccccc32)cc1NC(=O)c1csc2ccccc12. The van der Waals surface area contributed by atoms with E-state index >= 15 is 0 Å². The zero-order valence-corrected chi connectivity index (χ0v) is 21.6. The molecule has 3 amide bonds. The monoisotopic (exact) mass is 533 g/mol. The molecule has 1 aliphatic heterocycles. The van der Waals surface area contributed by atoms with Crippen LogP contribution >= 0.6 is 11.3 Å². The van der Waals surface area contributed by atoms with Crippen LogP contribution in [0.4, 0.5) is 17.2 Å². The molecule has 1 unspecified atom stereocenters. The van der Waals surface area contributed by atoms with Gasteiger partial charge in [0.15, 0.2) is 5.82 Å². The van der Waals surface area contributed by atoms with Gasteiger partial charge in [-0.05, 0) is 36.8 Å². The average Bonchev–Trinajstić information content (AvgIpc) is 3.52. The first-order valence-corrected chi connectivity index (χ1v) is 13.2. The van der Waals surface area contributed by atoms with E-state index in [1.165, 1.54) is 17.5 Å². The number of rotatable bonds is 6. The Kier molecular flexibility index (Phi) is 6.26. The van der Waals surface area contributed by atoms with Crippen LogP contribution in [0.1, 0.15) is 48.4 Å². The summed E-state index contributed by atoms with van der Waals surface area (Å²) in [6.07, 6.45) is 0.773. The summed E-state index contributed by atoms with van der Waals surface area (Å²) in [6.45, 7) is 1.97. The highest BCUT2D eigenvalue weighted by molar-refractivity contribution is 7.17. The number of hydrogen-bond donors (Lipinski definition) is 4. The predicted octanol–water partition coefficient (Wildman–Crippen LogP) is 5.77. The molecule has 0 bridgehead atoms. The van der Waals surface area contributed by atoms with Crippen molar-refractivity contribution >= 4 is 56.3 Å². The summed E-state index contributed by atoms with van der Waals surface area (Å²) in [5.74, 6) is -0.601. The molecule has 39 heavy (non-hydrogen) atoms. The zero-order valence-electron chi connectivity index (χ0n) is 20.8. The third-order valence-corrected chi connectivity index (χ3v) is 7.55. The van der Waals surface area contributed by atoms with Crippen LogP contribution < -0.4 is 21.3 Å². The first kappa shape index (κ1) is 24.3. The second kappa shape index (κ2) is 10.0. The number of carbonyl (C=O) groups excluding carboxylic acids is 3. The Morgan fingerprint density at radius 3 is 2.56 bits per heavy atom. The van der Waals surface area contributed by atoms with Crippen molar-refractivity contribution in [2.24, 2.45) is 0 Å². The first-order chi connectivity index (χ1) is 19.0. The second-order valence-electron chi connectivity index (χ2n) is 9.13. The highest BCUT2D eigenvalue weighted by Crippen LogP contribution is 2.30. The van der Waals surface area contributed by atoms with E-state index in [4.69, 9.17) is 0 Å². The summed E-state index contributed by atoms with van der Waals surface area (Å²) in [4.78, 5) is 43.4. The first-order valence-electron chi connectivity index (χ1n) is 12.3. The lowest BCUT2D eigenvalue weighted by atomic mass is 10.1.